The maximum atomic E-state index is 11.6. The fraction of sp³-hybridized carbons (Fsp3) is 0.545. The van der Waals surface area contributed by atoms with Crippen molar-refractivity contribution in [2.75, 3.05) is 33.3 Å². The minimum absolute atomic E-state index is 0.0623. The van der Waals surface area contributed by atoms with Crippen molar-refractivity contribution in [1.82, 2.24) is 9.80 Å². The van der Waals surface area contributed by atoms with E-state index >= 15 is 0 Å². The molecule has 0 aromatic carbocycles. The molecule has 7 heteroatoms. The molecule has 7 nitrogen and oxygen atoms in total. The van der Waals surface area contributed by atoms with Gasteiger partial charge in [0.25, 0.3) is 0 Å². The molecule has 0 atom stereocenters. The van der Waals surface area contributed by atoms with Crippen molar-refractivity contribution in [3.8, 4) is 0 Å². The standard InChI is InChI=1S/C11H14N2O5/c1-18-9(15)3-2-8(14)12-4-11(5-12)6-13(7-11)10(16)17/h2-3H,4-7H2,1H3,(H,16,17)/b3-2+. The van der Waals surface area contributed by atoms with Gasteiger partial charge in [0.15, 0.2) is 0 Å². The fourth-order valence-corrected chi connectivity index (χ4v) is 2.33. The van der Waals surface area contributed by atoms with Crippen LogP contribution in [0.1, 0.15) is 0 Å². The van der Waals surface area contributed by atoms with Gasteiger partial charge in [0.2, 0.25) is 5.91 Å². The molecule has 0 radical (unpaired) electrons. The van der Waals surface area contributed by atoms with E-state index in [4.69, 9.17) is 5.11 Å². The van der Waals surface area contributed by atoms with Gasteiger partial charge in [-0.15, -0.1) is 0 Å². The summed E-state index contributed by atoms with van der Waals surface area (Å²) in [4.78, 5) is 35.9. The lowest BCUT2D eigenvalue weighted by Gasteiger charge is -2.59. The van der Waals surface area contributed by atoms with Gasteiger partial charge in [-0.05, 0) is 0 Å². The van der Waals surface area contributed by atoms with E-state index in [1.54, 1.807) is 4.90 Å². The molecular weight excluding hydrogens is 240 g/mol. The van der Waals surface area contributed by atoms with Crippen molar-refractivity contribution in [3.63, 3.8) is 0 Å². The number of ether oxygens (including phenoxy) is 1. The fourth-order valence-electron chi connectivity index (χ4n) is 2.33. The Kier molecular flexibility index (Phi) is 2.98. The second-order valence-electron chi connectivity index (χ2n) is 4.69. The SMILES string of the molecule is COC(=O)/C=C/C(=O)N1CC2(CN(C(=O)O)C2)C1. The lowest BCUT2D eigenvalue weighted by atomic mass is 9.73. The number of esters is 1. The molecular formula is C11H14N2O5. The number of carbonyl (C=O) groups is 3. The van der Waals surface area contributed by atoms with Gasteiger partial charge >= 0.3 is 12.1 Å². The Labute approximate surface area is 104 Å². The molecule has 1 spiro atoms. The first-order valence-electron chi connectivity index (χ1n) is 5.49. The van der Waals surface area contributed by atoms with Crippen molar-refractivity contribution in [1.29, 1.82) is 0 Å². The van der Waals surface area contributed by atoms with Crippen molar-refractivity contribution >= 4 is 18.0 Å². The highest BCUT2D eigenvalue weighted by molar-refractivity contribution is 5.95. The predicted octanol–water partition coefficient (Wildman–Crippen LogP) is -0.462. The third-order valence-corrected chi connectivity index (χ3v) is 3.25. The third-order valence-electron chi connectivity index (χ3n) is 3.25. The van der Waals surface area contributed by atoms with Crippen LogP contribution in [0.5, 0.6) is 0 Å². The Bertz CT molecular complexity index is 417. The summed E-state index contributed by atoms with van der Waals surface area (Å²) in [6.07, 6.45) is 1.33. The monoisotopic (exact) mass is 254 g/mol. The van der Waals surface area contributed by atoms with Gasteiger partial charge in [0.05, 0.1) is 7.11 Å². The number of hydrogen-bond acceptors (Lipinski definition) is 4. The summed E-state index contributed by atoms with van der Waals surface area (Å²) in [5.41, 5.74) is -0.0623. The van der Waals surface area contributed by atoms with E-state index in [1.165, 1.54) is 18.1 Å². The number of nitrogens with zero attached hydrogens (tertiary/aromatic N) is 2. The topological polar surface area (TPSA) is 87.2 Å². The van der Waals surface area contributed by atoms with E-state index in [2.05, 4.69) is 4.74 Å². The van der Waals surface area contributed by atoms with Crippen LogP contribution in [0.2, 0.25) is 0 Å². The van der Waals surface area contributed by atoms with Crippen LogP contribution < -0.4 is 0 Å². The maximum absolute atomic E-state index is 11.6. The first kappa shape index (κ1) is 12.4. The number of carboxylic acid groups (broad SMARTS) is 1. The van der Waals surface area contributed by atoms with Gasteiger partial charge in [-0.3, -0.25) is 4.79 Å². The van der Waals surface area contributed by atoms with Gasteiger partial charge in [-0.1, -0.05) is 0 Å². The summed E-state index contributed by atoms with van der Waals surface area (Å²) in [7, 11) is 1.24. The van der Waals surface area contributed by atoms with Gasteiger partial charge in [0.1, 0.15) is 0 Å². The largest absolute Gasteiger partial charge is 0.466 e. The molecule has 2 heterocycles. The van der Waals surface area contributed by atoms with Crippen LogP contribution in [0, 0.1) is 5.41 Å². The second-order valence-corrected chi connectivity index (χ2v) is 4.69. The van der Waals surface area contributed by atoms with Gasteiger partial charge < -0.3 is 19.6 Å². The lowest BCUT2D eigenvalue weighted by Crippen LogP contribution is -2.73. The van der Waals surface area contributed by atoms with Crippen LogP contribution in [0.15, 0.2) is 12.2 Å². The average Bonchev–Trinajstić information content (AvgIpc) is 2.21. The first-order chi connectivity index (χ1) is 8.46. The van der Waals surface area contributed by atoms with Crippen molar-refractivity contribution in [3.05, 3.63) is 12.2 Å². The van der Waals surface area contributed by atoms with Crippen molar-refractivity contribution in [2.24, 2.45) is 5.41 Å². The highest BCUT2D eigenvalue weighted by atomic mass is 16.5. The molecule has 0 unspecified atom stereocenters. The minimum atomic E-state index is -0.920. The molecule has 98 valence electrons. The smallest absolute Gasteiger partial charge is 0.407 e. The zero-order valence-corrected chi connectivity index (χ0v) is 9.96. The highest BCUT2D eigenvalue weighted by Crippen LogP contribution is 2.39. The van der Waals surface area contributed by atoms with E-state index < -0.39 is 12.1 Å². The third kappa shape index (κ3) is 2.15. The molecule has 1 N–H and O–H groups in total. The molecule has 2 aliphatic rings. The Balaban J connectivity index is 1.77. The number of rotatable bonds is 2. The lowest BCUT2D eigenvalue weighted by molar-refractivity contribution is -0.150. The summed E-state index contributed by atoms with van der Waals surface area (Å²) in [5, 5.41) is 8.72. The zero-order valence-electron chi connectivity index (χ0n) is 9.96. The van der Waals surface area contributed by atoms with Gasteiger partial charge in [0, 0.05) is 43.7 Å². The second kappa shape index (κ2) is 4.32. The van der Waals surface area contributed by atoms with Crippen LogP contribution in [0.4, 0.5) is 4.79 Å². The molecule has 2 rings (SSSR count). The molecule has 2 fully saturated rings. The Hall–Kier alpha value is -2.05. The normalized spacial score (nSPS) is 20.5. The molecule has 0 saturated carbocycles. The van der Waals surface area contributed by atoms with E-state index in [1.807, 2.05) is 0 Å². The van der Waals surface area contributed by atoms with Crippen LogP contribution >= 0.6 is 0 Å². The molecule has 0 aromatic rings. The summed E-state index contributed by atoms with van der Waals surface area (Å²) in [6.45, 7) is 2.04. The summed E-state index contributed by atoms with van der Waals surface area (Å²) < 4.78 is 4.38. The first-order valence-corrected chi connectivity index (χ1v) is 5.49. The van der Waals surface area contributed by atoms with E-state index in [0.29, 0.717) is 26.2 Å². The van der Waals surface area contributed by atoms with Crippen molar-refractivity contribution < 1.29 is 24.2 Å². The predicted molar refractivity (Wildman–Crippen MR) is 59.8 cm³/mol. The number of methoxy groups -OCH3 is 1. The Morgan fingerprint density at radius 1 is 1.11 bits per heavy atom. The number of carbonyl (C=O) groups excluding carboxylic acids is 2. The summed E-state index contributed by atoms with van der Waals surface area (Å²) in [6, 6.07) is 0. The van der Waals surface area contributed by atoms with Crippen molar-refractivity contribution in [2.45, 2.75) is 0 Å². The van der Waals surface area contributed by atoms with E-state index in [9.17, 15) is 14.4 Å². The minimum Gasteiger partial charge on any atom is -0.466 e. The molecule has 2 aliphatic heterocycles. The molecule has 18 heavy (non-hydrogen) atoms. The highest BCUT2D eigenvalue weighted by Gasteiger charge is 2.54. The zero-order chi connectivity index (χ0) is 13.3. The van der Waals surface area contributed by atoms with Gasteiger partial charge in [-0.25, -0.2) is 9.59 Å². The molecule has 0 aromatic heterocycles. The summed E-state index contributed by atoms with van der Waals surface area (Å²) >= 11 is 0. The number of likely N-dealkylation sites (tertiary alicyclic amines) is 2. The number of amides is 2. The van der Waals surface area contributed by atoms with E-state index in [-0.39, 0.29) is 11.3 Å². The quantitative estimate of drug-likeness (QED) is 0.532. The van der Waals surface area contributed by atoms with Crippen LogP contribution in [0.3, 0.4) is 0 Å². The van der Waals surface area contributed by atoms with E-state index in [0.717, 1.165) is 6.08 Å². The van der Waals surface area contributed by atoms with Crippen LogP contribution in [0.25, 0.3) is 0 Å². The molecule has 0 aliphatic carbocycles. The maximum Gasteiger partial charge on any atom is 0.407 e. The summed E-state index contributed by atoms with van der Waals surface area (Å²) in [5.74, 6) is -0.820. The Morgan fingerprint density at radius 3 is 2.17 bits per heavy atom. The van der Waals surface area contributed by atoms with Crippen LogP contribution in [-0.4, -0.2) is 66.2 Å². The molecule has 2 saturated heterocycles. The average molecular weight is 254 g/mol. The van der Waals surface area contributed by atoms with Crippen LogP contribution in [-0.2, 0) is 14.3 Å². The molecule has 0 bridgehead atoms. The van der Waals surface area contributed by atoms with Gasteiger partial charge in [-0.2, -0.15) is 0 Å². The Morgan fingerprint density at radius 2 is 1.67 bits per heavy atom. The molecule has 2 amide bonds. The number of hydrogen-bond donors (Lipinski definition) is 1.